The minimum absolute atomic E-state index is 0.297. The molecule has 1 aliphatic rings. The van der Waals surface area contributed by atoms with E-state index in [0.29, 0.717) is 11.7 Å². The molecule has 0 bridgehead atoms. The fourth-order valence-electron chi connectivity index (χ4n) is 2.58. The summed E-state index contributed by atoms with van der Waals surface area (Å²) in [6.45, 7) is 4.24. The second-order valence-electron chi connectivity index (χ2n) is 4.76. The van der Waals surface area contributed by atoms with E-state index < -0.39 is 0 Å². The number of rotatable bonds is 2. The molecular formula is C14H18O. The van der Waals surface area contributed by atoms with Gasteiger partial charge < -0.3 is 0 Å². The van der Waals surface area contributed by atoms with Crippen molar-refractivity contribution in [2.24, 2.45) is 5.92 Å². The van der Waals surface area contributed by atoms with Crippen molar-refractivity contribution in [3.05, 3.63) is 34.9 Å². The lowest BCUT2D eigenvalue weighted by molar-refractivity contribution is -0.120. The largest absolute Gasteiger partial charge is 0.299 e. The fraction of sp³-hybridized carbons (Fsp3) is 0.500. The van der Waals surface area contributed by atoms with Crippen LogP contribution in [0.15, 0.2) is 18.2 Å². The van der Waals surface area contributed by atoms with Crippen LogP contribution in [0.25, 0.3) is 0 Å². The summed E-state index contributed by atoms with van der Waals surface area (Å²) < 4.78 is 0. The van der Waals surface area contributed by atoms with E-state index in [9.17, 15) is 4.79 Å². The summed E-state index contributed by atoms with van der Waals surface area (Å²) in [4.78, 5) is 11.5. The first-order valence-electron chi connectivity index (χ1n) is 5.75. The molecule has 1 aromatic carbocycles. The first-order valence-corrected chi connectivity index (χ1v) is 5.75. The summed E-state index contributed by atoms with van der Waals surface area (Å²) >= 11 is 0. The van der Waals surface area contributed by atoms with Crippen LogP contribution >= 0.6 is 0 Å². The highest BCUT2D eigenvalue weighted by Crippen LogP contribution is 2.25. The molecule has 15 heavy (non-hydrogen) atoms. The average molecular weight is 202 g/mol. The van der Waals surface area contributed by atoms with Gasteiger partial charge in [0.15, 0.2) is 0 Å². The number of benzene rings is 1. The van der Waals surface area contributed by atoms with Gasteiger partial charge in [-0.1, -0.05) is 29.3 Å². The maximum atomic E-state index is 11.5. The van der Waals surface area contributed by atoms with Crippen LogP contribution in [0, 0.1) is 19.8 Å². The van der Waals surface area contributed by atoms with E-state index in [0.717, 1.165) is 25.7 Å². The molecule has 1 saturated carbocycles. The molecule has 1 heteroatoms. The van der Waals surface area contributed by atoms with E-state index in [1.165, 1.54) is 16.7 Å². The van der Waals surface area contributed by atoms with E-state index in [-0.39, 0.29) is 0 Å². The zero-order valence-corrected chi connectivity index (χ0v) is 9.55. The van der Waals surface area contributed by atoms with Crippen LogP contribution in [0.4, 0.5) is 0 Å². The SMILES string of the molecule is Cc1cc(C)cc(CC2CCCC2=O)c1. The van der Waals surface area contributed by atoms with Crippen LogP contribution in [0.5, 0.6) is 0 Å². The van der Waals surface area contributed by atoms with E-state index in [1.807, 2.05) is 0 Å². The highest BCUT2D eigenvalue weighted by atomic mass is 16.1. The molecule has 1 fully saturated rings. The summed E-state index contributed by atoms with van der Waals surface area (Å²) in [5.74, 6) is 0.764. The molecule has 0 aliphatic heterocycles. The summed E-state index contributed by atoms with van der Waals surface area (Å²) in [6.07, 6.45) is 3.93. The van der Waals surface area contributed by atoms with Crippen LogP contribution in [-0.4, -0.2) is 5.78 Å². The van der Waals surface area contributed by atoms with Crippen molar-refractivity contribution in [2.75, 3.05) is 0 Å². The topological polar surface area (TPSA) is 17.1 Å². The van der Waals surface area contributed by atoms with Crippen LogP contribution in [0.1, 0.15) is 36.0 Å². The number of carbonyl (C=O) groups is 1. The van der Waals surface area contributed by atoms with Crippen molar-refractivity contribution in [1.29, 1.82) is 0 Å². The second-order valence-corrected chi connectivity index (χ2v) is 4.76. The van der Waals surface area contributed by atoms with Gasteiger partial charge in [0.1, 0.15) is 5.78 Å². The molecule has 80 valence electrons. The van der Waals surface area contributed by atoms with E-state index in [4.69, 9.17) is 0 Å². The molecule has 2 rings (SSSR count). The number of carbonyl (C=O) groups excluding carboxylic acids is 1. The Labute approximate surface area is 91.5 Å². The lowest BCUT2D eigenvalue weighted by Gasteiger charge is -2.09. The highest BCUT2D eigenvalue weighted by molar-refractivity contribution is 5.83. The molecule has 1 unspecified atom stereocenters. The predicted octanol–water partition coefficient (Wildman–Crippen LogP) is 3.22. The van der Waals surface area contributed by atoms with Gasteiger partial charge in [0.25, 0.3) is 0 Å². The van der Waals surface area contributed by atoms with Crippen molar-refractivity contribution < 1.29 is 4.79 Å². The second kappa shape index (κ2) is 4.18. The van der Waals surface area contributed by atoms with E-state index >= 15 is 0 Å². The van der Waals surface area contributed by atoms with Gasteiger partial charge in [0.2, 0.25) is 0 Å². The Kier molecular flexibility index (Phi) is 2.90. The van der Waals surface area contributed by atoms with Gasteiger partial charge >= 0.3 is 0 Å². The Morgan fingerprint density at radius 2 is 1.87 bits per heavy atom. The molecule has 1 aromatic rings. The van der Waals surface area contributed by atoms with Gasteiger partial charge in [-0.3, -0.25) is 4.79 Å². The third-order valence-electron chi connectivity index (χ3n) is 3.19. The van der Waals surface area contributed by atoms with Crippen LogP contribution in [0.3, 0.4) is 0 Å². The quantitative estimate of drug-likeness (QED) is 0.719. The maximum absolute atomic E-state index is 11.5. The van der Waals surface area contributed by atoms with Gasteiger partial charge in [-0.25, -0.2) is 0 Å². The zero-order chi connectivity index (χ0) is 10.8. The van der Waals surface area contributed by atoms with E-state index in [1.54, 1.807) is 0 Å². The Balaban J connectivity index is 2.13. The Bertz CT molecular complexity index is 359. The van der Waals surface area contributed by atoms with Crippen molar-refractivity contribution >= 4 is 5.78 Å². The van der Waals surface area contributed by atoms with Gasteiger partial charge in [0.05, 0.1) is 0 Å². The fourth-order valence-corrected chi connectivity index (χ4v) is 2.58. The first-order chi connectivity index (χ1) is 7.15. The Morgan fingerprint density at radius 3 is 2.40 bits per heavy atom. The van der Waals surface area contributed by atoms with Crippen LogP contribution < -0.4 is 0 Å². The molecule has 0 saturated heterocycles. The van der Waals surface area contributed by atoms with Gasteiger partial charge in [0, 0.05) is 12.3 Å². The smallest absolute Gasteiger partial charge is 0.136 e. The van der Waals surface area contributed by atoms with Gasteiger partial charge in [-0.2, -0.15) is 0 Å². The summed E-state index contributed by atoms with van der Waals surface area (Å²) in [6, 6.07) is 6.59. The normalized spacial score (nSPS) is 20.9. The third-order valence-corrected chi connectivity index (χ3v) is 3.19. The molecule has 0 heterocycles. The first kappa shape index (κ1) is 10.4. The van der Waals surface area contributed by atoms with Crippen LogP contribution in [0.2, 0.25) is 0 Å². The lowest BCUT2D eigenvalue weighted by atomic mass is 9.95. The third kappa shape index (κ3) is 2.47. The molecule has 0 spiro atoms. The van der Waals surface area contributed by atoms with Crippen molar-refractivity contribution in [3.8, 4) is 0 Å². The number of Topliss-reactive ketones (excluding diaryl/α,β-unsaturated/α-hetero) is 1. The number of hydrogen-bond donors (Lipinski definition) is 0. The average Bonchev–Trinajstić information content (AvgIpc) is 2.50. The lowest BCUT2D eigenvalue weighted by Crippen LogP contribution is -2.09. The van der Waals surface area contributed by atoms with E-state index in [2.05, 4.69) is 32.0 Å². The molecule has 1 aliphatic carbocycles. The van der Waals surface area contributed by atoms with Crippen molar-refractivity contribution in [1.82, 2.24) is 0 Å². The minimum atomic E-state index is 0.297. The number of hydrogen-bond acceptors (Lipinski definition) is 1. The Morgan fingerprint density at radius 1 is 1.20 bits per heavy atom. The minimum Gasteiger partial charge on any atom is -0.299 e. The predicted molar refractivity (Wildman–Crippen MR) is 62.0 cm³/mol. The number of aryl methyl sites for hydroxylation is 2. The zero-order valence-electron chi connectivity index (χ0n) is 9.55. The monoisotopic (exact) mass is 202 g/mol. The molecular weight excluding hydrogens is 184 g/mol. The molecule has 0 radical (unpaired) electrons. The van der Waals surface area contributed by atoms with Crippen LogP contribution in [-0.2, 0) is 11.2 Å². The summed E-state index contributed by atoms with van der Waals surface area (Å²) in [5.41, 5.74) is 3.93. The molecule has 0 amide bonds. The standard InChI is InChI=1S/C14H18O/c1-10-6-11(2)8-12(7-10)9-13-4-3-5-14(13)15/h6-8,13H,3-5,9H2,1-2H3. The molecule has 0 N–H and O–H groups in total. The van der Waals surface area contributed by atoms with Gasteiger partial charge in [-0.15, -0.1) is 0 Å². The summed E-state index contributed by atoms with van der Waals surface area (Å²) in [7, 11) is 0. The highest BCUT2D eigenvalue weighted by Gasteiger charge is 2.24. The molecule has 1 atom stereocenters. The Hall–Kier alpha value is -1.11. The summed E-state index contributed by atoms with van der Waals surface area (Å²) in [5, 5.41) is 0. The molecule has 0 aromatic heterocycles. The molecule has 1 nitrogen and oxygen atoms in total. The van der Waals surface area contributed by atoms with Crippen molar-refractivity contribution in [3.63, 3.8) is 0 Å². The van der Waals surface area contributed by atoms with Gasteiger partial charge in [-0.05, 0) is 38.7 Å². The number of ketones is 1. The van der Waals surface area contributed by atoms with Crippen molar-refractivity contribution in [2.45, 2.75) is 39.5 Å². The maximum Gasteiger partial charge on any atom is 0.136 e.